The summed E-state index contributed by atoms with van der Waals surface area (Å²) in [5.41, 5.74) is 0.511. The normalized spacial score (nSPS) is 11.0. The molecule has 2 N–H and O–H groups in total. The molecule has 0 aromatic heterocycles. The molecule has 0 unspecified atom stereocenters. The number of aliphatic hydroxyl groups excluding tert-OH is 1. The van der Waals surface area contributed by atoms with E-state index < -0.39 is 10.0 Å². The van der Waals surface area contributed by atoms with Gasteiger partial charge in [-0.3, -0.25) is 9.10 Å². The zero-order valence-electron chi connectivity index (χ0n) is 12.1. The van der Waals surface area contributed by atoms with E-state index in [1.54, 1.807) is 24.3 Å². The van der Waals surface area contributed by atoms with Crippen molar-refractivity contribution in [1.29, 1.82) is 0 Å². The number of hydrogen-bond acceptors (Lipinski definition) is 5. The summed E-state index contributed by atoms with van der Waals surface area (Å²) < 4.78 is 29.2. The molecule has 1 rings (SSSR count). The lowest BCUT2D eigenvalue weighted by molar-refractivity contribution is -0.123. The number of hydrogen-bond donors (Lipinski definition) is 2. The number of nitrogens with one attached hydrogen (secondary N) is 1. The highest BCUT2D eigenvalue weighted by Crippen LogP contribution is 2.20. The second-order valence-corrected chi connectivity index (χ2v) is 6.45. The average Bonchev–Trinajstić information content (AvgIpc) is 2.44. The van der Waals surface area contributed by atoms with Crippen LogP contribution < -0.4 is 14.4 Å². The molecule has 118 valence electrons. The average molecular weight is 316 g/mol. The number of nitrogens with zero attached hydrogens (tertiary/aromatic N) is 1. The van der Waals surface area contributed by atoms with Gasteiger partial charge in [0.05, 0.1) is 11.9 Å². The molecule has 7 nitrogen and oxygen atoms in total. The minimum Gasteiger partial charge on any atom is -0.484 e. The first kappa shape index (κ1) is 17.3. The van der Waals surface area contributed by atoms with Gasteiger partial charge >= 0.3 is 0 Å². The van der Waals surface area contributed by atoms with Crippen LogP contribution in [-0.4, -0.2) is 52.5 Å². The minimum absolute atomic E-state index is 0.0243. The number of carbonyl (C=O) groups excluding carboxylic acids is 1. The molecule has 21 heavy (non-hydrogen) atoms. The van der Waals surface area contributed by atoms with Gasteiger partial charge < -0.3 is 15.2 Å². The van der Waals surface area contributed by atoms with Crippen LogP contribution in [0.25, 0.3) is 0 Å². The first-order chi connectivity index (χ1) is 9.84. The fraction of sp³-hybridized carbons (Fsp3) is 0.462. The van der Waals surface area contributed by atoms with Crippen LogP contribution >= 0.6 is 0 Å². The maximum atomic E-state index is 11.4. The van der Waals surface area contributed by atoms with Crippen LogP contribution in [0.4, 0.5) is 5.69 Å². The predicted octanol–water partition coefficient (Wildman–Crippen LogP) is -0.0402. The predicted molar refractivity (Wildman–Crippen MR) is 79.9 cm³/mol. The largest absolute Gasteiger partial charge is 0.484 e. The van der Waals surface area contributed by atoms with Crippen LogP contribution in [-0.2, 0) is 14.8 Å². The van der Waals surface area contributed by atoms with Gasteiger partial charge in [0.25, 0.3) is 5.91 Å². The maximum Gasteiger partial charge on any atom is 0.257 e. The summed E-state index contributed by atoms with van der Waals surface area (Å²) in [6, 6.07) is 6.39. The Hall–Kier alpha value is -1.80. The lowest BCUT2D eigenvalue weighted by Gasteiger charge is -2.16. The van der Waals surface area contributed by atoms with Gasteiger partial charge in [-0.25, -0.2) is 8.42 Å². The summed E-state index contributed by atoms with van der Waals surface area (Å²) in [5.74, 6) is 0.193. The first-order valence-corrected chi connectivity index (χ1v) is 8.23. The molecule has 0 atom stereocenters. The van der Waals surface area contributed by atoms with Crippen LogP contribution in [0.15, 0.2) is 24.3 Å². The molecular formula is C13H20N2O5S. The van der Waals surface area contributed by atoms with Gasteiger partial charge in [-0.1, -0.05) is 0 Å². The topological polar surface area (TPSA) is 95.9 Å². The molecule has 0 radical (unpaired) electrons. The highest BCUT2D eigenvalue weighted by atomic mass is 32.2. The van der Waals surface area contributed by atoms with Gasteiger partial charge in [0.2, 0.25) is 10.0 Å². The zero-order valence-corrected chi connectivity index (χ0v) is 12.9. The van der Waals surface area contributed by atoms with E-state index in [1.807, 2.05) is 0 Å². The lowest BCUT2D eigenvalue weighted by atomic mass is 10.3. The minimum atomic E-state index is -3.30. The molecule has 1 aromatic carbocycles. The van der Waals surface area contributed by atoms with Crippen molar-refractivity contribution in [2.24, 2.45) is 0 Å². The van der Waals surface area contributed by atoms with Crippen LogP contribution in [0.3, 0.4) is 0 Å². The Bertz CT molecular complexity index is 556. The van der Waals surface area contributed by atoms with Crippen LogP contribution in [0.5, 0.6) is 5.75 Å². The highest BCUT2D eigenvalue weighted by molar-refractivity contribution is 7.92. The van der Waals surface area contributed by atoms with E-state index in [1.165, 1.54) is 7.05 Å². The van der Waals surface area contributed by atoms with Crippen molar-refractivity contribution in [3.05, 3.63) is 24.3 Å². The molecule has 0 heterocycles. The number of sulfonamides is 1. The highest BCUT2D eigenvalue weighted by Gasteiger charge is 2.11. The van der Waals surface area contributed by atoms with Crippen molar-refractivity contribution in [2.75, 3.05) is 37.4 Å². The molecule has 8 heteroatoms. The molecule has 0 aliphatic heterocycles. The van der Waals surface area contributed by atoms with Crippen molar-refractivity contribution < 1.29 is 23.1 Å². The SMILES string of the molecule is CN(c1ccc(OCC(=O)NCCCO)cc1)S(C)(=O)=O. The Morgan fingerprint density at radius 3 is 2.48 bits per heavy atom. The number of anilines is 1. The van der Waals surface area contributed by atoms with Crippen LogP contribution in [0.1, 0.15) is 6.42 Å². The third-order valence-electron chi connectivity index (χ3n) is 2.72. The summed E-state index contributed by atoms with van der Waals surface area (Å²) in [4.78, 5) is 11.4. The Balaban J connectivity index is 2.50. The summed E-state index contributed by atoms with van der Waals surface area (Å²) in [6.07, 6.45) is 1.62. The van der Waals surface area contributed by atoms with Gasteiger partial charge in [0.1, 0.15) is 5.75 Å². The van der Waals surface area contributed by atoms with E-state index in [0.29, 0.717) is 24.4 Å². The third-order valence-corrected chi connectivity index (χ3v) is 3.93. The monoisotopic (exact) mass is 316 g/mol. The standard InChI is InChI=1S/C13H20N2O5S/c1-15(21(2,18)19)11-4-6-12(7-5-11)20-10-13(17)14-8-3-9-16/h4-7,16H,3,8-10H2,1-2H3,(H,14,17). The molecule has 1 aromatic rings. The van der Waals surface area contributed by atoms with E-state index >= 15 is 0 Å². The number of benzene rings is 1. The van der Waals surface area contributed by atoms with Crippen molar-refractivity contribution in [3.63, 3.8) is 0 Å². The smallest absolute Gasteiger partial charge is 0.257 e. The Morgan fingerprint density at radius 2 is 1.95 bits per heavy atom. The molecule has 0 bridgehead atoms. The van der Waals surface area contributed by atoms with Crippen molar-refractivity contribution in [2.45, 2.75) is 6.42 Å². The van der Waals surface area contributed by atoms with Gasteiger partial charge in [-0.2, -0.15) is 0 Å². The van der Waals surface area contributed by atoms with Crippen LogP contribution in [0.2, 0.25) is 0 Å². The van der Waals surface area contributed by atoms with Crippen molar-refractivity contribution in [1.82, 2.24) is 5.32 Å². The Kier molecular flexibility index (Phi) is 6.44. The summed E-state index contributed by atoms with van der Waals surface area (Å²) >= 11 is 0. The second-order valence-electron chi connectivity index (χ2n) is 4.44. The Morgan fingerprint density at radius 1 is 1.33 bits per heavy atom. The van der Waals surface area contributed by atoms with Crippen LogP contribution in [0, 0.1) is 0 Å². The maximum absolute atomic E-state index is 11.4. The summed E-state index contributed by atoms with van der Waals surface area (Å²) in [5, 5.41) is 11.2. The van der Waals surface area contributed by atoms with E-state index in [0.717, 1.165) is 10.6 Å². The second kappa shape index (κ2) is 7.84. The first-order valence-electron chi connectivity index (χ1n) is 6.39. The van der Waals surface area contributed by atoms with Gasteiger partial charge in [0.15, 0.2) is 6.61 Å². The van der Waals surface area contributed by atoms with Crippen molar-refractivity contribution >= 4 is 21.6 Å². The molecule has 1 amide bonds. The number of ether oxygens (including phenoxy) is 1. The van der Waals surface area contributed by atoms with E-state index in [2.05, 4.69) is 5.32 Å². The summed E-state index contributed by atoms with van der Waals surface area (Å²) in [7, 11) is -1.84. The molecule has 0 aliphatic rings. The molecule has 0 fully saturated rings. The summed E-state index contributed by atoms with van der Waals surface area (Å²) in [6.45, 7) is 0.292. The molecular weight excluding hydrogens is 296 g/mol. The fourth-order valence-electron chi connectivity index (χ4n) is 1.45. The molecule has 0 saturated carbocycles. The zero-order chi connectivity index (χ0) is 15.9. The number of carbonyl (C=O) groups is 1. The van der Waals surface area contributed by atoms with Gasteiger partial charge in [0, 0.05) is 20.2 Å². The third kappa shape index (κ3) is 6.01. The van der Waals surface area contributed by atoms with E-state index in [9.17, 15) is 13.2 Å². The fourth-order valence-corrected chi connectivity index (χ4v) is 1.96. The Labute approximate surface area is 124 Å². The molecule has 0 spiro atoms. The molecule has 0 aliphatic carbocycles. The van der Waals surface area contributed by atoms with Crippen molar-refractivity contribution in [3.8, 4) is 5.75 Å². The number of aliphatic hydroxyl groups is 1. The van der Waals surface area contributed by atoms with Gasteiger partial charge in [-0.15, -0.1) is 0 Å². The number of amides is 1. The van der Waals surface area contributed by atoms with E-state index in [-0.39, 0.29) is 19.1 Å². The lowest BCUT2D eigenvalue weighted by Crippen LogP contribution is -2.30. The van der Waals surface area contributed by atoms with E-state index in [4.69, 9.17) is 9.84 Å². The quantitative estimate of drug-likeness (QED) is 0.656. The molecule has 0 saturated heterocycles. The van der Waals surface area contributed by atoms with Gasteiger partial charge in [-0.05, 0) is 30.7 Å². The number of rotatable bonds is 8.